The van der Waals surface area contributed by atoms with Crippen LogP contribution in [-0.4, -0.2) is 28.8 Å². The normalized spacial score (nSPS) is 10.8. The van der Waals surface area contributed by atoms with Gasteiger partial charge in [-0.15, -0.1) is 5.10 Å². The van der Waals surface area contributed by atoms with Crippen molar-refractivity contribution in [3.05, 3.63) is 30.5 Å². The van der Waals surface area contributed by atoms with Gasteiger partial charge in [-0.1, -0.05) is 12.1 Å². The molecule has 92 valence electrons. The van der Waals surface area contributed by atoms with E-state index in [1.165, 1.54) is 11.3 Å². The Labute approximate surface area is 108 Å². The zero-order chi connectivity index (χ0) is 12.5. The number of nitrogens with zero attached hydrogens (tertiary/aromatic N) is 3. The molecule has 2 heterocycles. The van der Waals surface area contributed by atoms with E-state index in [9.17, 15) is 0 Å². The molecule has 0 radical (unpaired) electrons. The van der Waals surface area contributed by atoms with E-state index < -0.39 is 0 Å². The summed E-state index contributed by atoms with van der Waals surface area (Å²) in [5.41, 5.74) is 1.80. The lowest BCUT2D eigenvalue weighted by Crippen LogP contribution is -1.87. The number of methoxy groups -OCH3 is 2. The number of imidazole rings is 1. The summed E-state index contributed by atoms with van der Waals surface area (Å²) in [6.07, 6.45) is 1.87. The summed E-state index contributed by atoms with van der Waals surface area (Å²) in [5, 5.41) is 4.84. The maximum Gasteiger partial charge on any atom is 0.294 e. The van der Waals surface area contributed by atoms with Crippen molar-refractivity contribution in [2.24, 2.45) is 0 Å². The van der Waals surface area contributed by atoms with E-state index in [1.54, 1.807) is 18.7 Å². The number of ether oxygens (including phenoxy) is 2. The van der Waals surface area contributed by atoms with Gasteiger partial charge in [0.2, 0.25) is 4.96 Å². The van der Waals surface area contributed by atoms with Crippen molar-refractivity contribution in [3.8, 4) is 22.2 Å². The van der Waals surface area contributed by atoms with Crippen LogP contribution in [0.5, 0.6) is 10.9 Å². The van der Waals surface area contributed by atoms with Crippen molar-refractivity contribution >= 4 is 16.3 Å². The molecular weight excluding hydrogens is 250 g/mol. The summed E-state index contributed by atoms with van der Waals surface area (Å²) >= 11 is 1.40. The molecule has 1 aromatic carbocycles. The fourth-order valence-corrected chi connectivity index (χ4v) is 2.45. The Balaban J connectivity index is 2.11. The smallest absolute Gasteiger partial charge is 0.294 e. The van der Waals surface area contributed by atoms with Crippen molar-refractivity contribution in [2.45, 2.75) is 0 Å². The van der Waals surface area contributed by atoms with Crippen molar-refractivity contribution in [1.82, 2.24) is 14.6 Å². The first-order chi connectivity index (χ1) is 8.81. The zero-order valence-corrected chi connectivity index (χ0v) is 10.8. The molecule has 5 nitrogen and oxygen atoms in total. The molecule has 0 spiro atoms. The van der Waals surface area contributed by atoms with Gasteiger partial charge in [-0.05, 0) is 23.5 Å². The van der Waals surface area contributed by atoms with Gasteiger partial charge >= 0.3 is 0 Å². The highest BCUT2D eigenvalue weighted by Crippen LogP contribution is 2.30. The van der Waals surface area contributed by atoms with E-state index in [0.717, 1.165) is 22.0 Å². The number of aromatic nitrogens is 3. The average Bonchev–Trinajstić information content (AvgIpc) is 2.96. The lowest BCUT2D eigenvalue weighted by molar-refractivity contribution is 0.405. The monoisotopic (exact) mass is 261 g/mol. The summed E-state index contributed by atoms with van der Waals surface area (Å²) in [6.45, 7) is 0. The molecule has 0 atom stereocenters. The third-order valence-corrected chi connectivity index (χ3v) is 3.47. The van der Waals surface area contributed by atoms with Gasteiger partial charge < -0.3 is 9.47 Å². The van der Waals surface area contributed by atoms with Gasteiger partial charge in [0.05, 0.1) is 26.1 Å². The van der Waals surface area contributed by atoms with Crippen LogP contribution in [0.2, 0.25) is 0 Å². The topological polar surface area (TPSA) is 48.7 Å². The third-order valence-electron chi connectivity index (χ3n) is 2.58. The van der Waals surface area contributed by atoms with E-state index in [0.29, 0.717) is 5.19 Å². The second-order valence-corrected chi connectivity index (χ2v) is 4.54. The predicted octanol–water partition coefficient (Wildman–Crippen LogP) is 2.48. The maximum atomic E-state index is 5.33. The number of rotatable bonds is 3. The molecule has 18 heavy (non-hydrogen) atoms. The minimum absolute atomic E-state index is 0.601. The standard InChI is InChI=1S/C12H11N3O2S/c1-16-10-6-4-3-5-8(10)9-7-15-11(13-9)18-12(14-15)17-2/h3-7H,1-2H3. The zero-order valence-electron chi connectivity index (χ0n) is 9.95. The van der Waals surface area contributed by atoms with Crippen LogP contribution >= 0.6 is 11.3 Å². The molecule has 3 aromatic rings. The van der Waals surface area contributed by atoms with Crippen LogP contribution in [0, 0.1) is 0 Å². The molecule has 0 saturated carbocycles. The van der Waals surface area contributed by atoms with Crippen LogP contribution in [0.25, 0.3) is 16.2 Å². The average molecular weight is 261 g/mol. The molecule has 0 aliphatic heterocycles. The van der Waals surface area contributed by atoms with Crippen molar-refractivity contribution in [3.63, 3.8) is 0 Å². The summed E-state index contributed by atoms with van der Waals surface area (Å²) in [6, 6.07) is 7.78. The SMILES string of the molecule is COc1nn2cc(-c3ccccc3OC)nc2s1. The molecular formula is C12H11N3O2S. The van der Waals surface area contributed by atoms with Crippen LogP contribution in [0.3, 0.4) is 0 Å². The molecule has 2 aromatic heterocycles. The minimum Gasteiger partial charge on any atom is -0.496 e. The Morgan fingerprint density at radius 2 is 2.00 bits per heavy atom. The Kier molecular flexibility index (Phi) is 2.64. The highest BCUT2D eigenvalue weighted by molar-refractivity contribution is 7.18. The van der Waals surface area contributed by atoms with Crippen LogP contribution in [0.1, 0.15) is 0 Å². The first kappa shape index (κ1) is 11.0. The van der Waals surface area contributed by atoms with Crippen LogP contribution in [0.4, 0.5) is 0 Å². The summed E-state index contributed by atoms with van der Waals surface area (Å²) in [4.78, 5) is 5.32. The maximum absolute atomic E-state index is 5.33. The van der Waals surface area contributed by atoms with Crippen LogP contribution in [0.15, 0.2) is 30.5 Å². The molecule has 0 unspecified atom stereocenters. The second-order valence-electron chi connectivity index (χ2n) is 3.63. The van der Waals surface area contributed by atoms with Gasteiger partial charge in [0.1, 0.15) is 5.75 Å². The van der Waals surface area contributed by atoms with E-state index in [4.69, 9.17) is 9.47 Å². The third kappa shape index (κ3) is 1.70. The summed E-state index contributed by atoms with van der Waals surface area (Å²) in [5.74, 6) is 0.801. The molecule has 0 fully saturated rings. The lowest BCUT2D eigenvalue weighted by Gasteiger charge is -2.04. The van der Waals surface area contributed by atoms with Crippen molar-refractivity contribution in [1.29, 1.82) is 0 Å². The Bertz CT molecular complexity index is 658. The Morgan fingerprint density at radius 1 is 1.17 bits per heavy atom. The largest absolute Gasteiger partial charge is 0.496 e. The quantitative estimate of drug-likeness (QED) is 0.726. The number of para-hydroxylation sites is 1. The first-order valence-electron chi connectivity index (χ1n) is 5.35. The highest BCUT2D eigenvalue weighted by Gasteiger charge is 2.12. The second kappa shape index (κ2) is 4.30. The van der Waals surface area contributed by atoms with E-state index in [-0.39, 0.29) is 0 Å². The van der Waals surface area contributed by atoms with Gasteiger partial charge in [0.25, 0.3) is 5.19 Å². The predicted molar refractivity (Wildman–Crippen MR) is 69.4 cm³/mol. The van der Waals surface area contributed by atoms with E-state index in [2.05, 4.69) is 10.1 Å². The molecule has 6 heteroatoms. The van der Waals surface area contributed by atoms with Gasteiger partial charge in [0.15, 0.2) is 0 Å². The van der Waals surface area contributed by atoms with Crippen LogP contribution < -0.4 is 9.47 Å². The fraction of sp³-hybridized carbons (Fsp3) is 0.167. The van der Waals surface area contributed by atoms with E-state index in [1.807, 2.05) is 30.5 Å². The summed E-state index contributed by atoms with van der Waals surface area (Å²) in [7, 11) is 3.25. The molecule has 0 bridgehead atoms. The van der Waals surface area contributed by atoms with E-state index >= 15 is 0 Å². The van der Waals surface area contributed by atoms with Gasteiger partial charge in [0, 0.05) is 5.56 Å². The molecule has 3 rings (SSSR count). The molecule has 0 N–H and O–H groups in total. The molecule has 0 aliphatic rings. The minimum atomic E-state index is 0.601. The van der Waals surface area contributed by atoms with Gasteiger partial charge in [-0.2, -0.15) is 0 Å². The van der Waals surface area contributed by atoms with Crippen LogP contribution in [-0.2, 0) is 0 Å². The van der Waals surface area contributed by atoms with Crippen molar-refractivity contribution < 1.29 is 9.47 Å². The molecule has 0 amide bonds. The molecule has 0 aliphatic carbocycles. The Morgan fingerprint density at radius 3 is 2.72 bits per heavy atom. The number of benzene rings is 1. The van der Waals surface area contributed by atoms with Gasteiger partial charge in [-0.3, -0.25) is 0 Å². The fourth-order valence-electron chi connectivity index (χ4n) is 1.75. The Hall–Kier alpha value is -2.08. The number of hydrogen-bond acceptors (Lipinski definition) is 5. The first-order valence-corrected chi connectivity index (χ1v) is 6.17. The number of fused-ring (bicyclic) bond motifs is 1. The van der Waals surface area contributed by atoms with Gasteiger partial charge in [-0.25, -0.2) is 9.50 Å². The highest BCUT2D eigenvalue weighted by atomic mass is 32.1. The number of hydrogen-bond donors (Lipinski definition) is 0. The summed E-state index contributed by atoms with van der Waals surface area (Å²) < 4.78 is 12.1. The lowest BCUT2D eigenvalue weighted by atomic mass is 10.1. The van der Waals surface area contributed by atoms with Crippen molar-refractivity contribution in [2.75, 3.05) is 14.2 Å². The molecule has 0 saturated heterocycles.